The molecule has 0 bridgehead atoms. The minimum absolute atomic E-state index is 0.0277. The van der Waals surface area contributed by atoms with Crippen LogP contribution in [0.4, 0.5) is 0 Å². The lowest BCUT2D eigenvalue weighted by atomic mass is 9.87. The van der Waals surface area contributed by atoms with Crippen LogP contribution in [0.3, 0.4) is 0 Å². The van der Waals surface area contributed by atoms with Gasteiger partial charge >= 0.3 is 0 Å². The molecule has 2 unspecified atom stereocenters. The number of hydrogen-bond donors (Lipinski definition) is 2. The van der Waals surface area contributed by atoms with E-state index in [0.29, 0.717) is 13.0 Å². The van der Waals surface area contributed by atoms with E-state index in [1.807, 2.05) is 39.0 Å². The van der Waals surface area contributed by atoms with Gasteiger partial charge in [0.2, 0.25) is 5.91 Å². The second kappa shape index (κ2) is 7.63. The Morgan fingerprint density at radius 3 is 2.27 bits per heavy atom. The lowest BCUT2D eigenvalue weighted by molar-refractivity contribution is -0.123. The molecule has 0 spiro atoms. The van der Waals surface area contributed by atoms with Crippen molar-refractivity contribution in [3.63, 3.8) is 0 Å². The summed E-state index contributed by atoms with van der Waals surface area (Å²) in [5, 5.41) is 3.05. The molecule has 0 aliphatic heterocycles. The van der Waals surface area contributed by atoms with E-state index in [4.69, 9.17) is 10.5 Å². The molecule has 1 aromatic carbocycles. The lowest BCUT2D eigenvalue weighted by Crippen LogP contribution is -2.48. The maximum absolute atomic E-state index is 12.0. The average Bonchev–Trinajstić information content (AvgIpc) is 2.34. The van der Waals surface area contributed by atoms with Gasteiger partial charge in [-0.15, -0.1) is 0 Å². The zero-order valence-electron chi connectivity index (χ0n) is 14.7. The molecule has 1 aromatic rings. The Morgan fingerprint density at radius 2 is 1.82 bits per heavy atom. The number of hydrogen-bond acceptors (Lipinski definition) is 3. The molecule has 0 saturated carbocycles. The first-order valence-corrected chi connectivity index (χ1v) is 7.85. The second-order valence-electron chi connectivity index (χ2n) is 7.20. The van der Waals surface area contributed by atoms with E-state index < -0.39 is 0 Å². The van der Waals surface area contributed by atoms with Crippen LogP contribution in [0.2, 0.25) is 0 Å². The molecular formula is C18H30N2O2. The largest absolute Gasteiger partial charge is 0.491 e. The predicted molar refractivity (Wildman–Crippen MR) is 91.1 cm³/mol. The molecule has 124 valence electrons. The van der Waals surface area contributed by atoms with E-state index in [1.54, 1.807) is 0 Å². The number of ether oxygens (including phenoxy) is 1. The highest BCUT2D eigenvalue weighted by Crippen LogP contribution is 2.25. The van der Waals surface area contributed by atoms with E-state index in [-0.39, 0.29) is 23.4 Å². The third-order valence-corrected chi connectivity index (χ3v) is 3.69. The number of carbonyl (C=O) groups is 1. The predicted octanol–water partition coefficient (Wildman–Crippen LogP) is 2.95. The molecule has 3 N–H and O–H groups in total. The number of nitrogens with one attached hydrogen (secondary N) is 1. The summed E-state index contributed by atoms with van der Waals surface area (Å²) in [4.78, 5) is 12.0. The molecule has 1 amide bonds. The first-order chi connectivity index (χ1) is 10.1. The number of aryl methyl sites for hydroxylation is 2. The summed E-state index contributed by atoms with van der Waals surface area (Å²) in [6.45, 7) is 12.6. The van der Waals surface area contributed by atoms with Crippen LogP contribution >= 0.6 is 0 Å². The lowest BCUT2D eigenvalue weighted by Gasteiger charge is -2.32. The average molecular weight is 306 g/mol. The van der Waals surface area contributed by atoms with Gasteiger partial charge in [-0.25, -0.2) is 0 Å². The SMILES string of the molecule is Cc1cccc(C)c1OCC(NC(=O)CC(C)N)C(C)(C)C. The second-order valence-corrected chi connectivity index (χ2v) is 7.20. The van der Waals surface area contributed by atoms with Gasteiger partial charge in [0.15, 0.2) is 0 Å². The van der Waals surface area contributed by atoms with Crippen LogP contribution in [0.15, 0.2) is 18.2 Å². The van der Waals surface area contributed by atoms with Crippen molar-refractivity contribution < 1.29 is 9.53 Å². The van der Waals surface area contributed by atoms with Crippen LogP contribution in [-0.2, 0) is 4.79 Å². The molecule has 4 nitrogen and oxygen atoms in total. The summed E-state index contributed by atoms with van der Waals surface area (Å²) in [6, 6.07) is 5.87. The van der Waals surface area contributed by atoms with Crippen molar-refractivity contribution in [3.05, 3.63) is 29.3 Å². The standard InChI is InChI=1S/C18H30N2O2/c1-12-8-7-9-13(2)17(12)22-11-15(18(4,5)6)20-16(21)10-14(3)19/h7-9,14-15H,10-11,19H2,1-6H3,(H,20,21). The van der Waals surface area contributed by atoms with Crippen molar-refractivity contribution >= 4 is 5.91 Å². The number of benzene rings is 1. The quantitative estimate of drug-likeness (QED) is 0.849. The van der Waals surface area contributed by atoms with Crippen LogP contribution in [0.25, 0.3) is 0 Å². The fourth-order valence-corrected chi connectivity index (χ4v) is 2.25. The fraction of sp³-hybridized carbons (Fsp3) is 0.611. The van der Waals surface area contributed by atoms with E-state index in [2.05, 4.69) is 26.1 Å². The Balaban J connectivity index is 2.76. The van der Waals surface area contributed by atoms with Gasteiger partial charge in [0.25, 0.3) is 0 Å². The van der Waals surface area contributed by atoms with Gasteiger partial charge in [0.1, 0.15) is 12.4 Å². The van der Waals surface area contributed by atoms with Crippen molar-refractivity contribution in [3.8, 4) is 5.75 Å². The summed E-state index contributed by atoms with van der Waals surface area (Å²) in [7, 11) is 0. The van der Waals surface area contributed by atoms with Crippen LogP contribution in [-0.4, -0.2) is 24.6 Å². The van der Waals surface area contributed by atoms with E-state index in [1.165, 1.54) is 0 Å². The van der Waals surface area contributed by atoms with Crippen LogP contribution in [0, 0.1) is 19.3 Å². The number of para-hydroxylation sites is 1. The van der Waals surface area contributed by atoms with Crippen LogP contribution in [0.5, 0.6) is 5.75 Å². The molecule has 0 fully saturated rings. The summed E-state index contributed by atoms with van der Waals surface area (Å²) in [5.41, 5.74) is 7.81. The molecule has 22 heavy (non-hydrogen) atoms. The molecule has 0 aliphatic rings. The summed E-state index contributed by atoms with van der Waals surface area (Å²) >= 11 is 0. The highest BCUT2D eigenvalue weighted by molar-refractivity contribution is 5.76. The van der Waals surface area contributed by atoms with E-state index in [0.717, 1.165) is 16.9 Å². The number of amides is 1. The molecule has 0 heterocycles. The van der Waals surface area contributed by atoms with E-state index >= 15 is 0 Å². The molecule has 0 aliphatic carbocycles. The minimum Gasteiger partial charge on any atom is -0.491 e. The number of nitrogens with two attached hydrogens (primary N) is 1. The van der Waals surface area contributed by atoms with Gasteiger partial charge in [-0.2, -0.15) is 0 Å². The number of rotatable bonds is 6. The number of carbonyl (C=O) groups excluding carboxylic acids is 1. The Hall–Kier alpha value is -1.55. The maximum Gasteiger partial charge on any atom is 0.221 e. The summed E-state index contributed by atoms with van der Waals surface area (Å²) < 4.78 is 6.02. The van der Waals surface area contributed by atoms with Gasteiger partial charge in [-0.3, -0.25) is 4.79 Å². The van der Waals surface area contributed by atoms with Gasteiger partial charge in [-0.05, 0) is 37.3 Å². The Morgan fingerprint density at radius 1 is 1.27 bits per heavy atom. The molecule has 0 saturated heterocycles. The van der Waals surface area contributed by atoms with Crippen molar-refractivity contribution in [2.75, 3.05) is 6.61 Å². The van der Waals surface area contributed by atoms with Crippen molar-refractivity contribution in [2.24, 2.45) is 11.1 Å². The molecule has 0 radical (unpaired) electrons. The third-order valence-electron chi connectivity index (χ3n) is 3.69. The molecular weight excluding hydrogens is 276 g/mol. The summed E-state index contributed by atoms with van der Waals surface area (Å²) in [5.74, 6) is 0.873. The summed E-state index contributed by atoms with van der Waals surface area (Å²) in [6.07, 6.45) is 0.329. The molecule has 0 aromatic heterocycles. The van der Waals surface area contributed by atoms with Gasteiger partial charge in [0, 0.05) is 12.5 Å². The zero-order valence-corrected chi connectivity index (χ0v) is 14.7. The Kier molecular flexibility index (Phi) is 6.42. The monoisotopic (exact) mass is 306 g/mol. The molecule has 4 heteroatoms. The smallest absolute Gasteiger partial charge is 0.221 e. The first kappa shape index (κ1) is 18.5. The highest BCUT2D eigenvalue weighted by atomic mass is 16.5. The maximum atomic E-state index is 12.0. The van der Waals surface area contributed by atoms with Crippen LogP contribution in [0.1, 0.15) is 45.2 Å². The molecule has 1 rings (SSSR count). The van der Waals surface area contributed by atoms with Crippen molar-refractivity contribution in [1.82, 2.24) is 5.32 Å². The first-order valence-electron chi connectivity index (χ1n) is 7.85. The van der Waals surface area contributed by atoms with E-state index in [9.17, 15) is 4.79 Å². The zero-order chi connectivity index (χ0) is 16.9. The minimum atomic E-state index is -0.139. The van der Waals surface area contributed by atoms with Gasteiger partial charge in [-0.1, -0.05) is 39.0 Å². The van der Waals surface area contributed by atoms with Crippen molar-refractivity contribution in [2.45, 2.75) is 60.0 Å². The topological polar surface area (TPSA) is 64.3 Å². The van der Waals surface area contributed by atoms with Crippen molar-refractivity contribution in [1.29, 1.82) is 0 Å². The van der Waals surface area contributed by atoms with Crippen LogP contribution < -0.4 is 15.8 Å². The Labute approximate surface area is 134 Å². The van der Waals surface area contributed by atoms with Gasteiger partial charge < -0.3 is 15.8 Å². The fourth-order valence-electron chi connectivity index (χ4n) is 2.25. The Bertz CT molecular complexity index is 484. The third kappa shape index (κ3) is 5.68. The molecule has 2 atom stereocenters. The highest BCUT2D eigenvalue weighted by Gasteiger charge is 2.27. The van der Waals surface area contributed by atoms with Gasteiger partial charge in [0.05, 0.1) is 6.04 Å². The normalized spacial score (nSPS) is 14.3.